The van der Waals surface area contributed by atoms with Crippen LogP contribution in [0.4, 0.5) is 5.69 Å². The van der Waals surface area contributed by atoms with Crippen LogP contribution in [0.5, 0.6) is 0 Å². The molecule has 1 aliphatic rings. The third-order valence-electron chi connectivity index (χ3n) is 3.31. The van der Waals surface area contributed by atoms with Crippen LogP contribution >= 0.6 is 23.4 Å². The number of anilines is 1. The second kappa shape index (κ2) is 6.25. The minimum absolute atomic E-state index is 0.124. The van der Waals surface area contributed by atoms with Crippen molar-refractivity contribution in [2.45, 2.75) is 12.3 Å². The molecule has 4 nitrogen and oxygen atoms in total. The van der Waals surface area contributed by atoms with Crippen molar-refractivity contribution in [1.82, 2.24) is 0 Å². The summed E-state index contributed by atoms with van der Waals surface area (Å²) >= 11 is 7.69. The van der Waals surface area contributed by atoms with Gasteiger partial charge in [-0.3, -0.25) is 0 Å². The van der Waals surface area contributed by atoms with E-state index in [4.69, 9.17) is 16.9 Å². The molecule has 1 heterocycles. The van der Waals surface area contributed by atoms with E-state index in [1.807, 2.05) is 11.0 Å². The molecule has 108 valence electrons. The molecule has 0 spiro atoms. The SMILES string of the molecule is CCS(=O)(=O)C1CSCCN1c1ccc(C#N)c(Cl)c1. The number of rotatable bonds is 3. The summed E-state index contributed by atoms with van der Waals surface area (Å²) in [5.41, 5.74) is 1.16. The van der Waals surface area contributed by atoms with Gasteiger partial charge in [0.15, 0.2) is 9.84 Å². The Kier molecular flexibility index (Phi) is 4.84. The quantitative estimate of drug-likeness (QED) is 0.852. The highest BCUT2D eigenvalue weighted by Crippen LogP contribution is 2.30. The maximum absolute atomic E-state index is 12.2. The van der Waals surface area contributed by atoms with Gasteiger partial charge in [0.05, 0.1) is 10.6 Å². The molecular formula is C13H15ClN2O2S2. The molecule has 0 N–H and O–H groups in total. The Hall–Kier alpha value is -0.900. The van der Waals surface area contributed by atoms with Gasteiger partial charge < -0.3 is 4.90 Å². The van der Waals surface area contributed by atoms with Gasteiger partial charge in [-0.2, -0.15) is 17.0 Å². The number of halogens is 1. The average Bonchev–Trinajstić information content (AvgIpc) is 2.47. The molecule has 0 saturated carbocycles. The predicted octanol–water partition coefficient (Wildman–Crippen LogP) is 2.53. The molecule has 1 aromatic carbocycles. The molecule has 1 aromatic rings. The van der Waals surface area contributed by atoms with Gasteiger partial charge >= 0.3 is 0 Å². The smallest absolute Gasteiger partial charge is 0.171 e. The van der Waals surface area contributed by atoms with Crippen LogP contribution in [0.15, 0.2) is 18.2 Å². The summed E-state index contributed by atoms with van der Waals surface area (Å²) in [7, 11) is -3.15. The topological polar surface area (TPSA) is 61.2 Å². The van der Waals surface area contributed by atoms with Gasteiger partial charge in [0, 0.05) is 29.5 Å². The fraction of sp³-hybridized carbons (Fsp3) is 0.462. The summed E-state index contributed by atoms with van der Waals surface area (Å²) in [5.74, 6) is 1.57. The van der Waals surface area contributed by atoms with E-state index in [-0.39, 0.29) is 5.75 Å². The largest absolute Gasteiger partial charge is 0.353 e. The van der Waals surface area contributed by atoms with Gasteiger partial charge in [0.2, 0.25) is 0 Å². The number of thioether (sulfide) groups is 1. The van der Waals surface area contributed by atoms with Crippen molar-refractivity contribution >= 4 is 38.9 Å². The first kappa shape index (κ1) is 15.5. The summed E-state index contributed by atoms with van der Waals surface area (Å²) in [4.78, 5) is 1.88. The van der Waals surface area contributed by atoms with Crippen molar-refractivity contribution in [1.29, 1.82) is 5.26 Å². The number of hydrogen-bond acceptors (Lipinski definition) is 5. The molecule has 1 saturated heterocycles. The van der Waals surface area contributed by atoms with E-state index in [0.717, 1.165) is 11.4 Å². The Morgan fingerprint density at radius 2 is 2.30 bits per heavy atom. The second-order valence-electron chi connectivity index (χ2n) is 4.45. The van der Waals surface area contributed by atoms with Crippen LogP contribution in [0.2, 0.25) is 5.02 Å². The maximum Gasteiger partial charge on any atom is 0.171 e. The van der Waals surface area contributed by atoms with Crippen LogP contribution in [0.3, 0.4) is 0 Å². The van der Waals surface area contributed by atoms with E-state index in [0.29, 0.717) is 22.9 Å². The van der Waals surface area contributed by atoms with Gasteiger partial charge in [-0.25, -0.2) is 8.42 Å². The molecule has 0 aromatic heterocycles. The molecule has 1 aliphatic heterocycles. The third kappa shape index (κ3) is 3.05. The molecule has 2 rings (SSSR count). The van der Waals surface area contributed by atoms with Crippen molar-refractivity contribution in [2.75, 3.05) is 28.7 Å². The number of sulfone groups is 1. The number of nitriles is 1. The van der Waals surface area contributed by atoms with Crippen LogP contribution in [0.25, 0.3) is 0 Å². The standard InChI is InChI=1S/C13H15ClN2O2S2/c1-2-20(17,18)13-9-19-6-5-16(13)11-4-3-10(8-15)12(14)7-11/h3-4,7,13H,2,5-6,9H2,1H3. The monoisotopic (exact) mass is 330 g/mol. The summed E-state index contributed by atoms with van der Waals surface area (Å²) in [5, 5.41) is 8.73. The first-order valence-electron chi connectivity index (χ1n) is 6.25. The predicted molar refractivity (Wildman–Crippen MR) is 84.1 cm³/mol. The molecule has 7 heteroatoms. The van der Waals surface area contributed by atoms with Crippen LogP contribution in [0.1, 0.15) is 12.5 Å². The average molecular weight is 331 g/mol. The molecule has 0 aliphatic carbocycles. The van der Waals surface area contributed by atoms with Crippen molar-refractivity contribution in [3.63, 3.8) is 0 Å². The fourth-order valence-corrected chi connectivity index (χ4v) is 5.35. The lowest BCUT2D eigenvalue weighted by Gasteiger charge is -2.36. The van der Waals surface area contributed by atoms with Gasteiger partial charge in [-0.1, -0.05) is 18.5 Å². The minimum atomic E-state index is -3.15. The maximum atomic E-state index is 12.2. The van der Waals surface area contributed by atoms with Gasteiger partial charge in [0.1, 0.15) is 11.4 Å². The van der Waals surface area contributed by atoms with Gasteiger partial charge in [-0.15, -0.1) is 0 Å². The van der Waals surface area contributed by atoms with Crippen LogP contribution in [0, 0.1) is 11.3 Å². The van der Waals surface area contributed by atoms with E-state index in [2.05, 4.69) is 0 Å². The molecule has 0 amide bonds. The zero-order valence-corrected chi connectivity index (χ0v) is 13.4. The zero-order valence-electron chi connectivity index (χ0n) is 11.0. The lowest BCUT2D eigenvalue weighted by atomic mass is 10.2. The van der Waals surface area contributed by atoms with E-state index >= 15 is 0 Å². The fourth-order valence-electron chi connectivity index (χ4n) is 2.14. The molecular weight excluding hydrogens is 316 g/mol. The van der Waals surface area contributed by atoms with Crippen molar-refractivity contribution in [2.24, 2.45) is 0 Å². The number of nitrogens with zero attached hydrogens (tertiary/aromatic N) is 2. The van der Waals surface area contributed by atoms with Crippen LogP contribution < -0.4 is 4.90 Å². The lowest BCUT2D eigenvalue weighted by Crippen LogP contribution is -2.48. The zero-order chi connectivity index (χ0) is 14.8. The molecule has 1 atom stereocenters. The molecule has 20 heavy (non-hydrogen) atoms. The third-order valence-corrected chi connectivity index (χ3v) is 6.91. The lowest BCUT2D eigenvalue weighted by molar-refractivity contribution is 0.579. The number of hydrogen-bond donors (Lipinski definition) is 0. The molecule has 0 bridgehead atoms. The normalized spacial score (nSPS) is 19.6. The Morgan fingerprint density at radius 1 is 1.55 bits per heavy atom. The van der Waals surface area contributed by atoms with Crippen molar-refractivity contribution in [3.8, 4) is 6.07 Å². The Morgan fingerprint density at radius 3 is 2.90 bits per heavy atom. The summed E-state index contributed by atoms with van der Waals surface area (Å²) < 4.78 is 24.4. The second-order valence-corrected chi connectivity index (χ2v) is 8.45. The van der Waals surface area contributed by atoms with Gasteiger partial charge in [-0.05, 0) is 18.2 Å². The Bertz CT molecular complexity index is 640. The van der Waals surface area contributed by atoms with Crippen molar-refractivity contribution < 1.29 is 8.42 Å². The number of benzene rings is 1. The minimum Gasteiger partial charge on any atom is -0.353 e. The van der Waals surface area contributed by atoms with Crippen LogP contribution in [-0.4, -0.2) is 37.6 Å². The summed E-state index contributed by atoms with van der Waals surface area (Å²) in [6.07, 6.45) is 0. The van der Waals surface area contributed by atoms with E-state index < -0.39 is 15.2 Å². The first-order valence-corrected chi connectivity index (χ1v) is 9.50. The van der Waals surface area contributed by atoms with Crippen LogP contribution in [-0.2, 0) is 9.84 Å². The first-order chi connectivity index (χ1) is 9.49. The van der Waals surface area contributed by atoms with Crippen molar-refractivity contribution in [3.05, 3.63) is 28.8 Å². The highest BCUT2D eigenvalue weighted by molar-refractivity contribution is 8.01. The highest BCUT2D eigenvalue weighted by Gasteiger charge is 2.33. The Balaban J connectivity index is 2.38. The highest BCUT2D eigenvalue weighted by atomic mass is 35.5. The summed E-state index contributed by atoms with van der Waals surface area (Å²) in [6.45, 7) is 2.33. The van der Waals surface area contributed by atoms with E-state index in [9.17, 15) is 8.42 Å². The molecule has 1 unspecified atom stereocenters. The van der Waals surface area contributed by atoms with E-state index in [1.54, 1.807) is 36.9 Å². The van der Waals surface area contributed by atoms with Gasteiger partial charge in [0.25, 0.3) is 0 Å². The van der Waals surface area contributed by atoms with E-state index in [1.165, 1.54) is 0 Å². The molecule has 0 radical (unpaired) electrons. The Labute approximate surface area is 128 Å². The molecule has 1 fully saturated rings. The summed E-state index contributed by atoms with van der Waals surface area (Å²) in [6, 6.07) is 7.08.